The van der Waals surface area contributed by atoms with Crippen molar-refractivity contribution in [3.63, 3.8) is 0 Å². The Bertz CT molecular complexity index is 651. The molecule has 1 aliphatic heterocycles. The minimum atomic E-state index is -0.395. The number of ether oxygens (including phenoxy) is 1. The average Bonchev–Trinajstić information content (AvgIpc) is 3.23. The van der Waals surface area contributed by atoms with Gasteiger partial charge in [0, 0.05) is 29.9 Å². The Labute approximate surface area is 138 Å². The molecule has 2 amide bonds. The zero-order valence-corrected chi connectivity index (χ0v) is 14.0. The summed E-state index contributed by atoms with van der Waals surface area (Å²) < 4.78 is 7.26. The molecule has 0 saturated heterocycles. The molecule has 0 radical (unpaired) electrons. The van der Waals surface area contributed by atoms with Crippen LogP contribution in [-0.4, -0.2) is 40.0 Å². The number of aromatic nitrogens is 2. The molecule has 7 nitrogen and oxygen atoms in total. The summed E-state index contributed by atoms with van der Waals surface area (Å²) in [6, 6.07) is -0.131. The number of nitrogens with one attached hydrogen (secondary N) is 2. The van der Waals surface area contributed by atoms with Gasteiger partial charge in [0.05, 0.1) is 18.2 Å². The predicted octanol–water partition coefficient (Wildman–Crippen LogP) is 1.83. The van der Waals surface area contributed by atoms with E-state index in [0.717, 1.165) is 5.16 Å². The van der Waals surface area contributed by atoms with E-state index >= 15 is 0 Å². The van der Waals surface area contributed by atoms with Gasteiger partial charge < -0.3 is 19.9 Å². The van der Waals surface area contributed by atoms with Crippen LogP contribution >= 0.6 is 11.8 Å². The fraction of sp³-hybridized carbons (Fsp3) is 0.533. The Morgan fingerprint density at radius 1 is 1.52 bits per heavy atom. The first-order valence-corrected chi connectivity index (χ1v) is 8.72. The monoisotopic (exact) mass is 336 g/mol. The number of nitrogens with zero attached hydrogens (tertiary/aromatic N) is 2. The number of thioether (sulfide) groups is 1. The van der Waals surface area contributed by atoms with Gasteiger partial charge >= 0.3 is 12.0 Å². The molecule has 1 unspecified atom stereocenters. The number of hydrogen-bond acceptors (Lipinski definition) is 5. The largest absolute Gasteiger partial charge is 0.463 e. The highest BCUT2D eigenvalue weighted by Crippen LogP contribution is 2.38. The van der Waals surface area contributed by atoms with E-state index < -0.39 is 5.97 Å². The Morgan fingerprint density at radius 3 is 3.00 bits per heavy atom. The van der Waals surface area contributed by atoms with E-state index in [0.29, 0.717) is 29.7 Å². The van der Waals surface area contributed by atoms with E-state index in [1.54, 1.807) is 20.0 Å². The minimum Gasteiger partial charge on any atom is -0.463 e. The zero-order valence-electron chi connectivity index (χ0n) is 13.2. The minimum absolute atomic E-state index is 0.299. The predicted molar refractivity (Wildman–Crippen MR) is 86.0 cm³/mol. The second-order valence-electron chi connectivity index (χ2n) is 5.57. The standard InChI is InChI=1S/C15H20N4O3S/c1-3-22-13(20)12-9(2)17-14(21)18-11(12)8-23-15-16-6-7-19(15)10-4-5-10/h6-7,9-10H,3-5,8H2,1-2H3,(H2,17,18,21). The molecule has 3 rings (SSSR count). The summed E-state index contributed by atoms with van der Waals surface area (Å²) in [5.41, 5.74) is 1.07. The summed E-state index contributed by atoms with van der Waals surface area (Å²) in [7, 11) is 0. The maximum Gasteiger partial charge on any atom is 0.337 e. The number of amides is 2. The van der Waals surface area contributed by atoms with E-state index in [1.165, 1.54) is 24.6 Å². The van der Waals surface area contributed by atoms with Crippen molar-refractivity contribution in [2.75, 3.05) is 12.4 Å². The summed E-state index contributed by atoms with van der Waals surface area (Å²) in [5, 5.41) is 6.33. The van der Waals surface area contributed by atoms with Crippen molar-refractivity contribution in [3.8, 4) is 0 Å². The topological polar surface area (TPSA) is 85.2 Å². The molecule has 1 saturated carbocycles. The lowest BCUT2D eigenvalue weighted by molar-refractivity contribution is -0.138. The van der Waals surface area contributed by atoms with E-state index in [1.807, 2.05) is 6.20 Å². The smallest absolute Gasteiger partial charge is 0.337 e. The van der Waals surface area contributed by atoms with Crippen LogP contribution in [0.25, 0.3) is 0 Å². The number of rotatable bonds is 6. The van der Waals surface area contributed by atoms with Crippen LogP contribution in [0.3, 0.4) is 0 Å². The van der Waals surface area contributed by atoms with Gasteiger partial charge in [-0.25, -0.2) is 14.6 Å². The molecule has 1 aliphatic carbocycles. The molecule has 0 bridgehead atoms. The summed E-state index contributed by atoms with van der Waals surface area (Å²) in [6.07, 6.45) is 6.12. The lowest BCUT2D eigenvalue weighted by Crippen LogP contribution is -2.49. The highest BCUT2D eigenvalue weighted by molar-refractivity contribution is 7.99. The fourth-order valence-corrected chi connectivity index (χ4v) is 3.57. The first-order valence-electron chi connectivity index (χ1n) is 7.73. The maximum atomic E-state index is 12.2. The van der Waals surface area contributed by atoms with Crippen molar-refractivity contribution < 1.29 is 14.3 Å². The van der Waals surface area contributed by atoms with Crippen LogP contribution < -0.4 is 10.6 Å². The maximum absolute atomic E-state index is 12.2. The van der Waals surface area contributed by atoms with Gasteiger partial charge in [-0.05, 0) is 26.7 Å². The highest BCUT2D eigenvalue weighted by Gasteiger charge is 2.30. The van der Waals surface area contributed by atoms with Crippen molar-refractivity contribution in [3.05, 3.63) is 23.7 Å². The Hall–Kier alpha value is -1.96. The molecule has 8 heteroatoms. The summed E-state index contributed by atoms with van der Waals surface area (Å²) in [6.45, 7) is 3.84. The van der Waals surface area contributed by atoms with Crippen LogP contribution in [0.5, 0.6) is 0 Å². The number of hydrogen-bond donors (Lipinski definition) is 2. The van der Waals surface area contributed by atoms with Crippen LogP contribution in [0.1, 0.15) is 32.7 Å². The van der Waals surface area contributed by atoms with Crippen molar-refractivity contribution in [2.24, 2.45) is 0 Å². The van der Waals surface area contributed by atoms with Gasteiger partial charge in [0.1, 0.15) is 0 Å². The molecule has 23 heavy (non-hydrogen) atoms. The second kappa shape index (κ2) is 6.66. The van der Waals surface area contributed by atoms with E-state index in [2.05, 4.69) is 20.2 Å². The molecule has 1 aromatic rings. The van der Waals surface area contributed by atoms with Gasteiger partial charge in [0.25, 0.3) is 0 Å². The molecular weight excluding hydrogens is 316 g/mol. The molecule has 2 N–H and O–H groups in total. The molecule has 1 aromatic heterocycles. The molecule has 0 aromatic carbocycles. The van der Waals surface area contributed by atoms with Gasteiger partial charge in [-0.2, -0.15) is 0 Å². The van der Waals surface area contributed by atoms with Gasteiger partial charge in [-0.3, -0.25) is 0 Å². The van der Waals surface area contributed by atoms with E-state index in [9.17, 15) is 9.59 Å². The fourth-order valence-electron chi connectivity index (χ4n) is 2.57. The average molecular weight is 336 g/mol. The van der Waals surface area contributed by atoms with Crippen molar-refractivity contribution in [1.29, 1.82) is 0 Å². The van der Waals surface area contributed by atoms with Crippen molar-refractivity contribution >= 4 is 23.8 Å². The number of urea groups is 1. The molecular formula is C15H20N4O3S. The third-order valence-corrected chi connectivity index (χ3v) is 4.79. The molecule has 124 valence electrons. The van der Waals surface area contributed by atoms with Crippen molar-refractivity contribution in [2.45, 2.75) is 43.9 Å². The molecule has 2 heterocycles. The number of imidazole rings is 1. The highest BCUT2D eigenvalue weighted by atomic mass is 32.2. The van der Waals surface area contributed by atoms with Crippen LogP contribution in [0, 0.1) is 0 Å². The van der Waals surface area contributed by atoms with Crippen molar-refractivity contribution in [1.82, 2.24) is 20.2 Å². The normalized spacial score (nSPS) is 21.0. The lowest BCUT2D eigenvalue weighted by Gasteiger charge is -2.26. The molecule has 1 fully saturated rings. The third kappa shape index (κ3) is 3.52. The third-order valence-electron chi connectivity index (χ3n) is 3.78. The Kier molecular flexibility index (Phi) is 4.61. The lowest BCUT2D eigenvalue weighted by atomic mass is 10.1. The summed E-state index contributed by atoms with van der Waals surface area (Å²) >= 11 is 1.52. The van der Waals surface area contributed by atoms with Gasteiger partial charge in [-0.15, -0.1) is 0 Å². The molecule has 0 spiro atoms. The van der Waals surface area contributed by atoms with E-state index in [4.69, 9.17) is 4.74 Å². The quantitative estimate of drug-likeness (QED) is 0.611. The van der Waals surface area contributed by atoms with Crippen LogP contribution in [0.2, 0.25) is 0 Å². The Balaban J connectivity index is 1.78. The second-order valence-corrected chi connectivity index (χ2v) is 6.51. The zero-order chi connectivity index (χ0) is 16.4. The summed E-state index contributed by atoms with van der Waals surface area (Å²) in [5.74, 6) is 0.0731. The van der Waals surface area contributed by atoms with Crippen LogP contribution in [0.15, 0.2) is 28.8 Å². The van der Waals surface area contributed by atoms with Gasteiger partial charge in [0.2, 0.25) is 0 Å². The molecule has 1 atom stereocenters. The summed E-state index contributed by atoms with van der Waals surface area (Å²) in [4.78, 5) is 28.3. The SMILES string of the molecule is CCOC(=O)C1=C(CSc2nccn2C2CC2)NC(=O)NC1C. The van der Waals surface area contributed by atoms with E-state index in [-0.39, 0.29) is 12.1 Å². The molecule has 2 aliphatic rings. The van der Waals surface area contributed by atoms with Gasteiger partial charge in [-0.1, -0.05) is 11.8 Å². The Morgan fingerprint density at radius 2 is 2.30 bits per heavy atom. The number of carbonyl (C=O) groups is 2. The first kappa shape index (κ1) is 15.9. The van der Waals surface area contributed by atoms with Gasteiger partial charge in [0.15, 0.2) is 5.16 Å². The van der Waals surface area contributed by atoms with Crippen LogP contribution in [0.4, 0.5) is 4.79 Å². The first-order chi connectivity index (χ1) is 11.1. The number of esters is 1. The van der Waals surface area contributed by atoms with Crippen LogP contribution in [-0.2, 0) is 9.53 Å². The number of carbonyl (C=O) groups excluding carboxylic acids is 2.